The molecule has 0 aliphatic carbocycles. The molecule has 2 rings (SSSR count). The Morgan fingerprint density at radius 2 is 1.82 bits per heavy atom. The highest BCUT2D eigenvalue weighted by molar-refractivity contribution is 7.92. The van der Waals surface area contributed by atoms with E-state index in [1.807, 2.05) is 0 Å². The van der Waals surface area contributed by atoms with Gasteiger partial charge in [-0.2, -0.15) is 0 Å². The molecular formula is C21H25ClN4O6S. The summed E-state index contributed by atoms with van der Waals surface area (Å²) in [7, 11) is -3.98. The number of benzene rings is 2. The lowest BCUT2D eigenvalue weighted by molar-refractivity contribution is -0.384. The van der Waals surface area contributed by atoms with Gasteiger partial charge in [0, 0.05) is 30.2 Å². The maximum absolute atomic E-state index is 13.3. The molecule has 1 N–H and O–H groups in total. The lowest BCUT2D eigenvalue weighted by Gasteiger charge is -2.31. The molecule has 0 bridgehead atoms. The fraction of sp³-hybridized carbons (Fsp3) is 0.333. The van der Waals surface area contributed by atoms with Crippen LogP contribution in [0.5, 0.6) is 0 Å². The number of nitrogens with one attached hydrogen (secondary N) is 1. The van der Waals surface area contributed by atoms with Crippen LogP contribution in [0.1, 0.15) is 19.4 Å². The first kappa shape index (κ1) is 26.1. The third-order valence-electron chi connectivity index (χ3n) is 4.79. The van der Waals surface area contributed by atoms with Crippen molar-refractivity contribution < 1.29 is 22.9 Å². The van der Waals surface area contributed by atoms with E-state index in [2.05, 4.69) is 5.32 Å². The van der Waals surface area contributed by atoms with Gasteiger partial charge >= 0.3 is 0 Å². The number of hydrogen-bond donors (Lipinski definition) is 1. The maximum Gasteiger partial charge on any atom is 0.271 e. The molecule has 10 nitrogen and oxygen atoms in total. The molecule has 1 unspecified atom stereocenters. The van der Waals surface area contributed by atoms with Crippen molar-refractivity contribution >= 4 is 44.8 Å². The molecule has 0 saturated carbocycles. The third-order valence-corrected chi connectivity index (χ3v) is 6.18. The van der Waals surface area contributed by atoms with Crippen LogP contribution >= 0.6 is 11.6 Å². The van der Waals surface area contributed by atoms with Crippen molar-refractivity contribution in [3.05, 3.63) is 69.2 Å². The molecule has 0 radical (unpaired) electrons. The highest BCUT2D eigenvalue weighted by Gasteiger charge is 2.30. The van der Waals surface area contributed by atoms with E-state index in [4.69, 9.17) is 11.6 Å². The first-order valence-corrected chi connectivity index (χ1v) is 12.2. The second kappa shape index (κ2) is 11.1. The largest absolute Gasteiger partial charge is 0.355 e. The topological polar surface area (TPSA) is 130 Å². The minimum atomic E-state index is -3.98. The quantitative estimate of drug-likeness (QED) is 0.397. The molecule has 0 aromatic heterocycles. The summed E-state index contributed by atoms with van der Waals surface area (Å²) in [5.41, 5.74) is 0.338. The van der Waals surface area contributed by atoms with Crippen molar-refractivity contribution in [1.29, 1.82) is 0 Å². The van der Waals surface area contributed by atoms with Crippen molar-refractivity contribution in [3.63, 3.8) is 0 Å². The number of hydrogen-bond acceptors (Lipinski definition) is 6. The number of carbonyl (C=O) groups excluding carboxylic acids is 2. The average Bonchev–Trinajstić information content (AvgIpc) is 2.75. The Hall–Kier alpha value is -3.18. The Kier molecular flexibility index (Phi) is 8.77. The molecule has 0 heterocycles. The van der Waals surface area contributed by atoms with E-state index in [1.54, 1.807) is 31.2 Å². The van der Waals surface area contributed by atoms with Crippen molar-refractivity contribution in [2.75, 3.05) is 23.7 Å². The Balaban J connectivity index is 2.41. The Bertz CT molecular complexity index is 1120. The lowest BCUT2D eigenvalue weighted by Crippen LogP contribution is -2.51. The van der Waals surface area contributed by atoms with Crippen LogP contribution in [0.15, 0.2) is 48.5 Å². The molecule has 2 aromatic rings. The van der Waals surface area contributed by atoms with E-state index in [-0.39, 0.29) is 17.9 Å². The van der Waals surface area contributed by atoms with Crippen LogP contribution in [0.2, 0.25) is 5.02 Å². The first-order chi connectivity index (χ1) is 15.4. The number of non-ortho nitro benzene ring substituents is 1. The zero-order chi connectivity index (χ0) is 24.8. The molecule has 0 aliphatic heterocycles. The van der Waals surface area contributed by atoms with Gasteiger partial charge in [-0.1, -0.05) is 29.8 Å². The number of halogens is 1. The van der Waals surface area contributed by atoms with Crippen LogP contribution in [-0.4, -0.2) is 55.4 Å². The van der Waals surface area contributed by atoms with Gasteiger partial charge in [0.1, 0.15) is 12.6 Å². The van der Waals surface area contributed by atoms with E-state index < -0.39 is 39.3 Å². The smallest absolute Gasteiger partial charge is 0.271 e. The van der Waals surface area contributed by atoms with Crippen LogP contribution in [0.4, 0.5) is 11.4 Å². The Morgan fingerprint density at radius 1 is 1.18 bits per heavy atom. The number of sulfonamides is 1. The third kappa shape index (κ3) is 7.16. The monoisotopic (exact) mass is 496 g/mol. The van der Waals surface area contributed by atoms with Crippen LogP contribution in [0.3, 0.4) is 0 Å². The van der Waals surface area contributed by atoms with Crippen LogP contribution in [0.25, 0.3) is 0 Å². The van der Waals surface area contributed by atoms with Crippen molar-refractivity contribution in [2.24, 2.45) is 0 Å². The van der Waals surface area contributed by atoms with Crippen molar-refractivity contribution in [1.82, 2.24) is 10.2 Å². The highest BCUT2D eigenvalue weighted by atomic mass is 35.5. The molecule has 2 amide bonds. The second-order valence-corrected chi connectivity index (χ2v) is 9.61. The number of carbonyl (C=O) groups is 2. The predicted octanol–water partition coefficient (Wildman–Crippen LogP) is 2.57. The van der Waals surface area contributed by atoms with Crippen molar-refractivity contribution in [3.8, 4) is 0 Å². The fourth-order valence-electron chi connectivity index (χ4n) is 3.07. The summed E-state index contributed by atoms with van der Waals surface area (Å²) in [6.45, 7) is 3.02. The minimum absolute atomic E-state index is 0.0286. The summed E-state index contributed by atoms with van der Waals surface area (Å²) in [4.78, 5) is 37.5. The highest BCUT2D eigenvalue weighted by Crippen LogP contribution is 2.24. The SMILES string of the molecule is CCNC(=O)C(C)N(Cc1ccc(Cl)cc1)C(=O)CN(c1cccc([N+](=O)[O-])c1)S(C)(=O)=O. The predicted molar refractivity (Wildman–Crippen MR) is 125 cm³/mol. The number of anilines is 1. The Morgan fingerprint density at radius 3 is 2.36 bits per heavy atom. The van der Waals surface area contributed by atoms with E-state index in [0.717, 1.165) is 16.6 Å². The van der Waals surface area contributed by atoms with Gasteiger partial charge in [-0.25, -0.2) is 8.42 Å². The summed E-state index contributed by atoms with van der Waals surface area (Å²) in [6.07, 6.45) is 0.899. The molecule has 0 saturated heterocycles. The summed E-state index contributed by atoms with van der Waals surface area (Å²) in [5.74, 6) is -1.05. The van der Waals surface area contributed by atoms with Crippen LogP contribution in [0, 0.1) is 10.1 Å². The standard InChI is InChI=1S/C21H25ClN4O6S/c1-4-23-21(28)15(2)24(13-16-8-10-17(22)11-9-16)20(27)14-25(33(3,31)32)18-6-5-7-19(12-18)26(29)30/h5-12,15H,4,13-14H2,1-3H3,(H,23,28). The number of rotatable bonds is 10. The zero-order valence-electron chi connectivity index (χ0n) is 18.4. The number of nitrogens with zero attached hydrogens (tertiary/aromatic N) is 3. The molecule has 178 valence electrons. The summed E-state index contributed by atoms with van der Waals surface area (Å²) < 4.78 is 25.7. The number of amides is 2. The van der Waals surface area contributed by atoms with Gasteiger partial charge in [0.2, 0.25) is 21.8 Å². The van der Waals surface area contributed by atoms with Crippen LogP contribution < -0.4 is 9.62 Å². The van der Waals surface area contributed by atoms with Gasteiger partial charge < -0.3 is 10.2 Å². The fourth-order valence-corrected chi connectivity index (χ4v) is 4.03. The second-order valence-electron chi connectivity index (χ2n) is 7.27. The molecule has 0 aliphatic rings. The molecule has 33 heavy (non-hydrogen) atoms. The van der Waals surface area contributed by atoms with E-state index in [0.29, 0.717) is 17.1 Å². The number of nitro benzene ring substituents is 1. The van der Waals surface area contributed by atoms with Gasteiger partial charge in [-0.05, 0) is 37.6 Å². The van der Waals surface area contributed by atoms with Gasteiger partial charge in [0.05, 0.1) is 16.9 Å². The molecule has 2 aromatic carbocycles. The molecule has 12 heteroatoms. The zero-order valence-corrected chi connectivity index (χ0v) is 20.0. The summed E-state index contributed by atoms with van der Waals surface area (Å²) >= 11 is 5.92. The van der Waals surface area contributed by atoms with E-state index >= 15 is 0 Å². The van der Waals surface area contributed by atoms with Gasteiger partial charge in [-0.15, -0.1) is 0 Å². The first-order valence-electron chi connectivity index (χ1n) is 9.97. The van der Waals surface area contributed by atoms with Gasteiger partial charge in [-0.3, -0.25) is 24.0 Å². The van der Waals surface area contributed by atoms with Crippen LogP contribution in [-0.2, 0) is 26.2 Å². The Labute approximate surface area is 197 Å². The van der Waals surface area contributed by atoms with E-state index in [9.17, 15) is 28.1 Å². The number of likely N-dealkylation sites (N-methyl/N-ethyl adjacent to an activating group) is 1. The maximum atomic E-state index is 13.3. The molecule has 1 atom stereocenters. The number of nitro groups is 1. The van der Waals surface area contributed by atoms with Gasteiger partial charge in [0.25, 0.3) is 5.69 Å². The lowest BCUT2D eigenvalue weighted by atomic mass is 10.1. The summed E-state index contributed by atoms with van der Waals surface area (Å²) in [6, 6.07) is 10.8. The van der Waals surface area contributed by atoms with E-state index in [1.165, 1.54) is 30.0 Å². The average molecular weight is 497 g/mol. The molecule has 0 spiro atoms. The van der Waals surface area contributed by atoms with Crippen molar-refractivity contribution in [2.45, 2.75) is 26.4 Å². The van der Waals surface area contributed by atoms with Gasteiger partial charge in [0.15, 0.2) is 0 Å². The molecule has 0 fully saturated rings. The normalized spacial score (nSPS) is 12.0. The minimum Gasteiger partial charge on any atom is -0.355 e. The summed E-state index contributed by atoms with van der Waals surface area (Å²) in [5, 5.41) is 14.3. The molecular weight excluding hydrogens is 472 g/mol.